The first-order chi connectivity index (χ1) is 13.5. The second kappa shape index (κ2) is 10.8. The lowest BCUT2D eigenvalue weighted by Crippen LogP contribution is -2.43. The third-order valence-electron chi connectivity index (χ3n) is 4.12. The van der Waals surface area contributed by atoms with E-state index in [1.165, 1.54) is 5.48 Å². The number of hydrogen-bond acceptors (Lipinski definition) is 5. The smallest absolute Gasteiger partial charge is 0.328 e. The molecule has 0 fully saturated rings. The summed E-state index contributed by atoms with van der Waals surface area (Å²) in [7, 11) is 0. The molecule has 148 valence electrons. The molecule has 0 unspecified atom stereocenters. The van der Waals surface area contributed by atoms with E-state index in [9.17, 15) is 14.4 Å². The first-order valence-electron chi connectivity index (χ1n) is 9.06. The Kier molecular flexibility index (Phi) is 8.17. The molecule has 0 saturated heterocycles. The summed E-state index contributed by atoms with van der Waals surface area (Å²) in [6.07, 6.45) is 0.00706. The molecular weight excluding hydrogens is 360 g/mol. The molecule has 0 bridgehead atoms. The molecule has 0 radical (unpaired) electrons. The highest BCUT2D eigenvalue weighted by Crippen LogP contribution is 2.19. The van der Waals surface area contributed by atoms with E-state index in [1.807, 2.05) is 54.6 Å². The first kappa shape index (κ1) is 21.1. The van der Waals surface area contributed by atoms with Gasteiger partial charge in [-0.15, -0.1) is 0 Å². The molecule has 0 saturated carbocycles. The average molecular weight is 384 g/mol. The van der Waals surface area contributed by atoms with E-state index in [0.717, 1.165) is 16.7 Å². The molecule has 0 aliphatic carbocycles. The van der Waals surface area contributed by atoms with Crippen LogP contribution in [0.5, 0.6) is 0 Å². The topological polar surface area (TPSA) is 105 Å². The highest BCUT2D eigenvalue weighted by molar-refractivity contribution is 5.86. The van der Waals surface area contributed by atoms with Crippen LogP contribution >= 0.6 is 0 Å². The minimum absolute atomic E-state index is 0.0317. The Bertz CT molecular complexity index is 790. The van der Waals surface area contributed by atoms with Gasteiger partial charge in [0.25, 0.3) is 0 Å². The van der Waals surface area contributed by atoms with Crippen molar-refractivity contribution in [2.45, 2.75) is 32.2 Å². The van der Waals surface area contributed by atoms with Crippen LogP contribution in [0.4, 0.5) is 0 Å². The predicted molar refractivity (Wildman–Crippen MR) is 103 cm³/mol. The number of rotatable bonds is 9. The number of esters is 1. The van der Waals surface area contributed by atoms with E-state index in [0.29, 0.717) is 0 Å². The van der Waals surface area contributed by atoms with Crippen molar-refractivity contribution in [1.82, 2.24) is 10.8 Å². The van der Waals surface area contributed by atoms with Gasteiger partial charge in [-0.05, 0) is 30.0 Å². The second-order valence-corrected chi connectivity index (χ2v) is 6.19. The Morgan fingerprint density at radius 1 is 0.964 bits per heavy atom. The van der Waals surface area contributed by atoms with E-state index in [-0.39, 0.29) is 31.8 Å². The molecule has 0 aromatic heterocycles. The molecule has 28 heavy (non-hydrogen) atoms. The van der Waals surface area contributed by atoms with Crippen LogP contribution in [0.3, 0.4) is 0 Å². The van der Waals surface area contributed by atoms with Gasteiger partial charge < -0.3 is 10.1 Å². The summed E-state index contributed by atoms with van der Waals surface area (Å²) in [5.41, 5.74) is 4.43. The van der Waals surface area contributed by atoms with Crippen molar-refractivity contribution in [1.29, 1.82) is 0 Å². The lowest BCUT2D eigenvalue weighted by Gasteiger charge is -2.17. The lowest BCUT2D eigenvalue weighted by atomic mass is 10.0. The maximum Gasteiger partial charge on any atom is 0.328 e. The van der Waals surface area contributed by atoms with Gasteiger partial charge in [0.15, 0.2) is 0 Å². The Balaban J connectivity index is 1.97. The van der Waals surface area contributed by atoms with Crippen LogP contribution in [0.2, 0.25) is 0 Å². The molecule has 0 aliphatic heterocycles. The van der Waals surface area contributed by atoms with Crippen LogP contribution in [0.1, 0.15) is 25.3 Å². The molecular formula is C21H24N2O5. The summed E-state index contributed by atoms with van der Waals surface area (Å²) in [4.78, 5) is 35.5. The summed E-state index contributed by atoms with van der Waals surface area (Å²) in [6.45, 7) is 1.82. The van der Waals surface area contributed by atoms with Crippen molar-refractivity contribution in [3.63, 3.8) is 0 Å². The number of benzene rings is 2. The Hall–Kier alpha value is -3.19. The highest BCUT2D eigenvalue weighted by atomic mass is 16.5. The number of amides is 2. The molecule has 2 rings (SSSR count). The molecule has 7 heteroatoms. The summed E-state index contributed by atoms with van der Waals surface area (Å²) in [5.74, 6) is -1.60. The zero-order valence-electron chi connectivity index (χ0n) is 15.7. The fraction of sp³-hybridized carbons (Fsp3) is 0.286. The maximum absolute atomic E-state index is 12.3. The normalized spacial score (nSPS) is 11.4. The van der Waals surface area contributed by atoms with Gasteiger partial charge in [-0.1, -0.05) is 54.6 Å². The van der Waals surface area contributed by atoms with Gasteiger partial charge in [0.1, 0.15) is 6.04 Å². The standard InChI is InChI=1S/C21H24N2O5/c1-2-28-21(26)18(12-13-19(24)23-27)22-20(25)14-15-8-10-17(11-9-15)16-6-4-3-5-7-16/h3-11,18,27H,2,12-14H2,1H3,(H,22,25)(H,23,24)/t18-/m0/s1. The minimum Gasteiger partial charge on any atom is -0.464 e. The molecule has 0 heterocycles. The highest BCUT2D eigenvalue weighted by Gasteiger charge is 2.23. The van der Waals surface area contributed by atoms with E-state index in [2.05, 4.69) is 5.32 Å². The number of hydroxylamine groups is 1. The van der Waals surface area contributed by atoms with Gasteiger partial charge in [0.05, 0.1) is 13.0 Å². The third kappa shape index (κ3) is 6.51. The Labute approximate surface area is 163 Å². The zero-order chi connectivity index (χ0) is 20.4. The second-order valence-electron chi connectivity index (χ2n) is 6.19. The third-order valence-corrected chi connectivity index (χ3v) is 4.12. The average Bonchev–Trinajstić information content (AvgIpc) is 2.72. The molecule has 7 nitrogen and oxygen atoms in total. The van der Waals surface area contributed by atoms with Crippen molar-refractivity contribution in [3.05, 3.63) is 60.2 Å². The summed E-state index contributed by atoms with van der Waals surface area (Å²) in [5, 5.41) is 11.2. The van der Waals surface area contributed by atoms with Crippen molar-refractivity contribution < 1.29 is 24.3 Å². The molecule has 0 spiro atoms. The van der Waals surface area contributed by atoms with E-state index in [1.54, 1.807) is 6.92 Å². The van der Waals surface area contributed by atoms with Gasteiger partial charge in [-0.3, -0.25) is 14.8 Å². The molecule has 2 amide bonds. The van der Waals surface area contributed by atoms with Crippen molar-refractivity contribution in [2.24, 2.45) is 0 Å². The van der Waals surface area contributed by atoms with Crippen molar-refractivity contribution >= 4 is 17.8 Å². The van der Waals surface area contributed by atoms with Gasteiger partial charge in [-0.2, -0.15) is 0 Å². The number of hydrogen-bond donors (Lipinski definition) is 3. The Morgan fingerprint density at radius 2 is 1.61 bits per heavy atom. The quantitative estimate of drug-likeness (QED) is 0.349. The van der Waals surface area contributed by atoms with Gasteiger partial charge in [-0.25, -0.2) is 10.3 Å². The van der Waals surface area contributed by atoms with Gasteiger partial charge in [0.2, 0.25) is 11.8 Å². The number of carbonyl (C=O) groups excluding carboxylic acids is 3. The minimum atomic E-state index is -0.951. The fourth-order valence-electron chi connectivity index (χ4n) is 2.70. The van der Waals surface area contributed by atoms with Crippen LogP contribution in [-0.4, -0.2) is 35.6 Å². The van der Waals surface area contributed by atoms with Crippen LogP contribution in [0.25, 0.3) is 11.1 Å². The predicted octanol–water partition coefficient (Wildman–Crippen LogP) is 2.23. The van der Waals surface area contributed by atoms with Gasteiger partial charge in [0, 0.05) is 6.42 Å². The van der Waals surface area contributed by atoms with Gasteiger partial charge >= 0.3 is 5.97 Å². The van der Waals surface area contributed by atoms with Crippen molar-refractivity contribution in [2.75, 3.05) is 6.61 Å². The van der Waals surface area contributed by atoms with E-state index >= 15 is 0 Å². The maximum atomic E-state index is 12.3. The Morgan fingerprint density at radius 3 is 2.21 bits per heavy atom. The number of nitrogens with one attached hydrogen (secondary N) is 2. The summed E-state index contributed by atoms with van der Waals surface area (Å²) < 4.78 is 4.94. The number of carbonyl (C=O) groups is 3. The van der Waals surface area contributed by atoms with Crippen molar-refractivity contribution in [3.8, 4) is 11.1 Å². The fourth-order valence-corrected chi connectivity index (χ4v) is 2.70. The summed E-state index contributed by atoms with van der Waals surface area (Å²) >= 11 is 0. The summed E-state index contributed by atoms with van der Waals surface area (Å²) in [6, 6.07) is 16.5. The zero-order valence-corrected chi connectivity index (χ0v) is 15.7. The lowest BCUT2D eigenvalue weighted by molar-refractivity contribution is -0.147. The molecule has 0 aliphatic rings. The number of ether oxygens (including phenoxy) is 1. The monoisotopic (exact) mass is 384 g/mol. The van der Waals surface area contributed by atoms with E-state index in [4.69, 9.17) is 9.94 Å². The van der Waals surface area contributed by atoms with E-state index < -0.39 is 17.9 Å². The first-order valence-corrected chi connectivity index (χ1v) is 9.06. The molecule has 2 aromatic rings. The SMILES string of the molecule is CCOC(=O)[C@H](CCC(=O)NO)NC(=O)Cc1ccc(-c2ccccc2)cc1. The van der Waals surface area contributed by atoms with Crippen LogP contribution in [0, 0.1) is 0 Å². The molecule has 3 N–H and O–H groups in total. The van der Waals surface area contributed by atoms with Crippen LogP contribution in [0.15, 0.2) is 54.6 Å². The molecule has 2 aromatic carbocycles. The largest absolute Gasteiger partial charge is 0.464 e. The molecule has 1 atom stereocenters. The van der Waals surface area contributed by atoms with Crippen LogP contribution in [-0.2, 0) is 25.5 Å². The van der Waals surface area contributed by atoms with Crippen LogP contribution < -0.4 is 10.8 Å².